The fourth-order valence-corrected chi connectivity index (χ4v) is 1.55. The fraction of sp³-hybridized carbons (Fsp3) is 0.300. The number of carbonyl (C=O) groups excluding carboxylic acids is 1. The third kappa shape index (κ3) is 4.08. The number of halogens is 2. The van der Waals surface area contributed by atoms with Crippen molar-refractivity contribution in [3.8, 4) is 0 Å². The van der Waals surface area contributed by atoms with E-state index in [1.54, 1.807) is 13.0 Å². The summed E-state index contributed by atoms with van der Waals surface area (Å²) in [6, 6.07) is 4.59. The van der Waals surface area contributed by atoms with Gasteiger partial charge in [-0.2, -0.15) is 0 Å². The third-order valence-corrected chi connectivity index (χ3v) is 2.12. The van der Waals surface area contributed by atoms with Crippen LogP contribution in [-0.2, 0) is 0 Å². The molecule has 0 spiro atoms. The van der Waals surface area contributed by atoms with Gasteiger partial charge in [0, 0.05) is 22.2 Å². The van der Waals surface area contributed by atoms with Gasteiger partial charge in [-0.15, -0.1) is 0 Å². The smallest absolute Gasteiger partial charge is 0.251 e. The maximum absolute atomic E-state index is 11.5. The molecule has 1 aromatic rings. The van der Waals surface area contributed by atoms with Gasteiger partial charge < -0.3 is 10.4 Å². The summed E-state index contributed by atoms with van der Waals surface area (Å²) in [4.78, 5) is 11.5. The molecule has 0 aliphatic carbocycles. The summed E-state index contributed by atoms with van der Waals surface area (Å²) in [5, 5.41) is 12.4. The molecule has 0 saturated carbocycles. The van der Waals surface area contributed by atoms with Gasteiger partial charge in [0.1, 0.15) is 0 Å². The molecule has 0 radical (unpaired) electrons. The van der Waals surface area contributed by atoms with Gasteiger partial charge in [-0.3, -0.25) is 4.79 Å². The summed E-state index contributed by atoms with van der Waals surface area (Å²) in [5.74, 6) is -0.305. The van der Waals surface area contributed by atoms with Crippen molar-refractivity contribution in [1.29, 1.82) is 0 Å². The van der Waals surface area contributed by atoms with E-state index >= 15 is 0 Å². The van der Waals surface area contributed by atoms with Crippen LogP contribution in [0, 0.1) is 0 Å². The first kappa shape index (κ1) is 12.3. The Morgan fingerprint density at radius 1 is 1.40 bits per heavy atom. The second-order valence-corrected chi connectivity index (χ2v) is 4.09. The number of hydrogen-bond donors (Lipinski definition) is 2. The van der Waals surface area contributed by atoms with Crippen molar-refractivity contribution in [3.05, 3.63) is 33.8 Å². The summed E-state index contributed by atoms with van der Waals surface area (Å²) in [5.41, 5.74) is 0.383. The minimum Gasteiger partial charge on any atom is -0.392 e. The number of nitrogens with one attached hydrogen (secondary N) is 1. The number of benzene rings is 1. The van der Waals surface area contributed by atoms with Gasteiger partial charge in [-0.1, -0.05) is 23.2 Å². The largest absolute Gasteiger partial charge is 0.392 e. The van der Waals surface area contributed by atoms with E-state index in [1.165, 1.54) is 12.1 Å². The van der Waals surface area contributed by atoms with Crippen molar-refractivity contribution in [1.82, 2.24) is 5.32 Å². The monoisotopic (exact) mass is 247 g/mol. The molecule has 0 bridgehead atoms. The maximum Gasteiger partial charge on any atom is 0.251 e. The zero-order chi connectivity index (χ0) is 11.4. The van der Waals surface area contributed by atoms with E-state index in [9.17, 15) is 4.79 Å². The van der Waals surface area contributed by atoms with Crippen LogP contribution in [0.25, 0.3) is 0 Å². The molecule has 0 unspecified atom stereocenters. The van der Waals surface area contributed by atoms with Crippen LogP contribution in [0.5, 0.6) is 0 Å². The molecule has 0 saturated heterocycles. The Morgan fingerprint density at radius 3 is 2.40 bits per heavy atom. The minimum atomic E-state index is -0.580. The molecule has 1 amide bonds. The van der Waals surface area contributed by atoms with Crippen LogP contribution in [0.4, 0.5) is 0 Å². The summed E-state index contributed by atoms with van der Waals surface area (Å²) in [6.07, 6.45) is -0.580. The lowest BCUT2D eigenvalue weighted by Crippen LogP contribution is -2.30. The van der Waals surface area contributed by atoms with Crippen molar-refractivity contribution < 1.29 is 9.90 Å². The maximum atomic E-state index is 11.5. The van der Waals surface area contributed by atoms with Crippen LogP contribution in [-0.4, -0.2) is 23.7 Å². The lowest BCUT2D eigenvalue weighted by atomic mass is 10.2. The average Bonchev–Trinajstić information content (AvgIpc) is 2.12. The first-order valence-corrected chi connectivity index (χ1v) is 5.17. The highest BCUT2D eigenvalue weighted by atomic mass is 35.5. The van der Waals surface area contributed by atoms with Crippen LogP contribution in [0.2, 0.25) is 10.0 Å². The second-order valence-electron chi connectivity index (χ2n) is 3.22. The molecule has 1 atom stereocenters. The van der Waals surface area contributed by atoms with Crippen LogP contribution in [0.3, 0.4) is 0 Å². The van der Waals surface area contributed by atoms with Gasteiger partial charge >= 0.3 is 0 Å². The average molecular weight is 248 g/mol. The molecule has 0 aliphatic heterocycles. The Bertz CT molecular complexity index is 346. The Kier molecular flexibility index (Phi) is 4.39. The van der Waals surface area contributed by atoms with Gasteiger partial charge in [0.25, 0.3) is 5.91 Å². The Balaban J connectivity index is 2.73. The first-order chi connectivity index (χ1) is 6.99. The summed E-state index contributed by atoms with van der Waals surface area (Å²) in [7, 11) is 0. The van der Waals surface area contributed by atoms with Crippen LogP contribution >= 0.6 is 23.2 Å². The molecule has 1 aromatic carbocycles. The fourth-order valence-electron chi connectivity index (χ4n) is 1.03. The standard InChI is InChI=1S/C10H11Cl2NO2/c1-6(14)5-13-10(15)7-2-8(11)4-9(12)3-7/h2-4,6,14H,5H2,1H3,(H,13,15)/t6-/m1/s1. The quantitative estimate of drug-likeness (QED) is 0.860. The second kappa shape index (κ2) is 5.35. The van der Waals surface area contributed by atoms with Gasteiger partial charge in [-0.25, -0.2) is 0 Å². The van der Waals surface area contributed by atoms with Crippen LogP contribution in [0.1, 0.15) is 17.3 Å². The molecule has 0 heterocycles. The van der Waals surface area contributed by atoms with Gasteiger partial charge in [0.15, 0.2) is 0 Å². The molecule has 5 heteroatoms. The molecule has 0 fully saturated rings. The predicted octanol–water partition coefficient (Wildman–Crippen LogP) is 2.10. The van der Waals surface area contributed by atoms with Crippen LogP contribution < -0.4 is 5.32 Å². The van der Waals surface area contributed by atoms with Crippen molar-refractivity contribution in [2.75, 3.05) is 6.54 Å². The van der Waals surface area contributed by atoms with Crippen molar-refractivity contribution in [2.24, 2.45) is 0 Å². The van der Waals surface area contributed by atoms with Gasteiger partial charge in [0.05, 0.1) is 6.10 Å². The molecular weight excluding hydrogens is 237 g/mol. The predicted molar refractivity (Wildman–Crippen MR) is 60.5 cm³/mol. The molecular formula is C10H11Cl2NO2. The van der Waals surface area contributed by atoms with E-state index in [4.69, 9.17) is 28.3 Å². The van der Waals surface area contributed by atoms with E-state index in [1.807, 2.05) is 0 Å². The van der Waals surface area contributed by atoms with Gasteiger partial charge in [-0.05, 0) is 25.1 Å². The van der Waals surface area contributed by atoms with Crippen molar-refractivity contribution >= 4 is 29.1 Å². The van der Waals surface area contributed by atoms with E-state index < -0.39 is 6.10 Å². The highest BCUT2D eigenvalue weighted by Gasteiger charge is 2.08. The number of carbonyl (C=O) groups is 1. The zero-order valence-corrected chi connectivity index (χ0v) is 9.64. The molecule has 0 aromatic heterocycles. The summed E-state index contributed by atoms with van der Waals surface area (Å²) >= 11 is 11.5. The Hall–Kier alpha value is -0.770. The van der Waals surface area contributed by atoms with Crippen molar-refractivity contribution in [3.63, 3.8) is 0 Å². The highest BCUT2D eigenvalue weighted by molar-refractivity contribution is 6.35. The lowest BCUT2D eigenvalue weighted by molar-refractivity contribution is 0.0924. The van der Waals surface area contributed by atoms with E-state index in [2.05, 4.69) is 5.32 Å². The van der Waals surface area contributed by atoms with Gasteiger partial charge in [0.2, 0.25) is 0 Å². The normalized spacial score (nSPS) is 12.3. The Labute approximate surface area is 98.0 Å². The molecule has 3 nitrogen and oxygen atoms in total. The van der Waals surface area contributed by atoms with E-state index in [0.717, 1.165) is 0 Å². The Morgan fingerprint density at radius 2 is 1.93 bits per heavy atom. The molecule has 2 N–H and O–H groups in total. The number of amides is 1. The number of rotatable bonds is 3. The molecule has 82 valence electrons. The van der Waals surface area contributed by atoms with Crippen LogP contribution in [0.15, 0.2) is 18.2 Å². The highest BCUT2D eigenvalue weighted by Crippen LogP contribution is 2.18. The summed E-state index contributed by atoms with van der Waals surface area (Å²) in [6.45, 7) is 1.79. The molecule has 1 rings (SSSR count). The number of aliphatic hydroxyl groups excluding tert-OH is 1. The lowest BCUT2D eigenvalue weighted by Gasteiger charge is -2.07. The third-order valence-electron chi connectivity index (χ3n) is 1.68. The van der Waals surface area contributed by atoms with Crippen molar-refractivity contribution in [2.45, 2.75) is 13.0 Å². The topological polar surface area (TPSA) is 49.3 Å². The number of aliphatic hydroxyl groups is 1. The first-order valence-electron chi connectivity index (χ1n) is 4.41. The zero-order valence-electron chi connectivity index (χ0n) is 8.13. The molecule has 15 heavy (non-hydrogen) atoms. The summed E-state index contributed by atoms with van der Waals surface area (Å²) < 4.78 is 0. The number of hydrogen-bond acceptors (Lipinski definition) is 2. The SMILES string of the molecule is C[C@@H](O)CNC(=O)c1cc(Cl)cc(Cl)c1. The minimum absolute atomic E-state index is 0.197. The van der Waals surface area contributed by atoms with E-state index in [-0.39, 0.29) is 12.5 Å². The van der Waals surface area contributed by atoms with E-state index in [0.29, 0.717) is 15.6 Å². The molecule has 0 aliphatic rings.